The van der Waals surface area contributed by atoms with Crippen molar-refractivity contribution in [2.24, 2.45) is 0 Å². The van der Waals surface area contributed by atoms with Crippen molar-refractivity contribution in [2.45, 2.75) is 6.54 Å². The number of ether oxygens (including phenoxy) is 3. The van der Waals surface area contributed by atoms with E-state index in [9.17, 15) is 9.18 Å². The second kappa shape index (κ2) is 9.89. The van der Waals surface area contributed by atoms with Crippen molar-refractivity contribution in [3.63, 3.8) is 0 Å². The van der Waals surface area contributed by atoms with Gasteiger partial charge in [0.15, 0.2) is 29.7 Å². The Kier molecular flexibility index (Phi) is 6.79. The topological polar surface area (TPSA) is 93.5 Å². The van der Waals surface area contributed by atoms with Crippen LogP contribution in [0.25, 0.3) is 0 Å². The zero-order valence-corrected chi connectivity index (χ0v) is 16.1. The molecule has 0 unspecified atom stereocenters. The molecule has 0 saturated carbocycles. The molecule has 7 nitrogen and oxygen atoms in total. The summed E-state index contributed by atoms with van der Waals surface area (Å²) in [6.45, 7) is -0.135. The fraction of sp³-hybridized carbons (Fsp3) is 0.136. The maximum atomic E-state index is 14.3. The fourth-order valence-electron chi connectivity index (χ4n) is 2.52. The van der Waals surface area contributed by atoms with Crippen LogP contribution in [0, 0.1) is 17.1 Å². The quantitative estimate of drug-likeness (QED) is 0.613. The molecule has 2 aromatic carbocycles. The van der Waals surface area contributed by atoms with Gasteiger partial charge in [-0.15, -0.1) is 0 Å². The minimum Gasteiger partial charge on any atom is -0.493 e. The largest absolute Gasteiger partial charge is 0.493 e. The molecule has 1 N–H and O–H groups in total. The Morgan fingerprint density at radius 3 is 2.70 bits per heavy atom. The van der Waals surface area contributed by atoms with Crippen molar-refractivity contribution >= 4 is 5.91 Å². The number of hydrogen-bond donors (Lipinski definition) is 1. The number of rotatable bonds is 8. The second-order valence-electron chi connectivity index (χ2n) is 6.10. The number of methoxy groups -OCH3 is 1. The highest BCUT2D eigenvalue weighted by Gasteiger charge is 2.10. The van der Waals surface area contributed by atoms with Crippen LogP contribution in [0.3, 0.4) is 0 Å². The first-order chi connectivity index (χ1) is 14.6. The Bertz CT molecular complexity index is 1070. The Labute approximate surface area is 172 Å². The van der Waals surface area contributed by atoms with Crippen LogP contribution in [-0.4, -0.2) is 24.6 Å². The van der Waals surface area contributed by atoms with Gasteiger partial charge >= 0.3 is 0 Å². The molecule has 0 aliphatic heterocycles. The summed E-state index contributed by atoms with van der Waals surface area (Å²) in [6, 6.07) is 14.4. The number of pyridine rings is 1. The lowest BCUT2D eigenvalue weighted by Gasteiger charge is -2.11. The average molecular weight is 407 g/mol. The Morgan fingerprint density at radius 1 is 1.17 bits per heavy atom. The molecule has 1 aromatic heterocycles. The normalized spacial score (nSPS) is 10.0. The molecule has 0 aliphatic carbocycles. The summed E-state index contributed by atoms with van der Waals surface area (Å²) in [5.74, 6) is 0.242. The molecule has 152 valence electrons. The van der Waals surface area contributed by atoms with E-state index < -0.39 is 11.7 Å². The van der Waals surface area contributed by atoms with E-state index in [0.717, 1.165) is 0 Å². The predicted molar refractivity (Wildman–Crippen MR) is 106 cm³/mol. The van der Waals surface area contributed by atoms with Gasteiger partial charge in [0.05, 0.1) is 24.9 Å². The lowest BCUT2D eigenvalue weighted by atomic mass is 10.2. The molecule has 0 saturated heterocycles. The lowest BCUT2D eigenvalue weighted by molar-refractivity contribution is -0.123. The van der Waals surface area contributed by atoms with Crippen molar-refractivity contribution in [1.82, 2.24) is 10.3 Å². The first-order valence-corrected chi connectivity index (χ1v) is 8.93. The zero-order chi connectivity index (χ0) is 21.3. The van der Waals surface area contributed by atoms with Gasteiger partial charge in [0.1, 0.15) is 5.75 Å². The van der Waals surface area contributed by atoms with Gasteiger partial charge in [0.25, 0.3) is 5.91 Å². The molecule has 0 radical (unpaired) electrons. The highest BCUT2D eigenvalue weighted by Crippen LogP contribution is 2.28. The number of nitriles is 1. The number of amides is 1. The Balaban J connectivity index is 1.52. The van der Waals surface area contributed by atoms with Gasteiger partial charge < -0.3 is 19.5 Å². The molecule has 3 aromatic rings. The zero-order valence-electron chi connectivity index (χ0n) is 16.1. The van der Waals surface area contributed by atoms with Crippen LogP contribution < -0.4 is 19.5 Å². The highest BCUT2D eigenvalue weighted by atomic mass is 19.1. The third kappa shape index (κ3) is 5.45. The number of carbonyl (C=O) groups excluding carboxylic acids is 1. The number of nitrogens with one attached hydrogen (secondary N) is 1. The van der Waals surface area contributed by atoms with E-state index in [-0.39, 0.29) is 18.9 Å². The molecule has 0 fully saturated rings. The van der Waals surface area contributed by atoms with Gasteiger partial charge in [-0.3, -0.25) is 9.78 Å². The van der Waals surface area contributed by atoms with Crippen molar-refractivity contribution in [3.05, 3.63) is 77.9 Å². The maximum Gasteiger partial charge on any atom is 0.258 e. The van der Waals surface area contributed by atoms with Crippen LogP contribution in [-0.2, 0) is 11.3 Å². The molecular formula is C22H18FN3O4. The molecule has 3 rings (SSSR count). The summed E-state index contributed by atoms with van der Waals surface area (Å²) in [5.41, 5.74) is 0.983. The lowest BCUT2D eigenvalue weighted by Crippen LogP contribution is -2.28. The van der Waals surface area contributed by atoms with Gasteiger partial charge in [-0.1, -0.05) is 6.07 Å². The number of benzene rings is 2. The summed E-state index contributed by atoms with van der Waals surface area (Å²) in [5, 5.41) is 11.6. The molecule has 1 heterocycles. The second-order valence-corrected chi connectivity index (χ2v) is 6.10. The van der Waals surface area contributed by atoms with Crippen LogP contribution in [0.2, 0.25) is 0 Å². The first kappa shape index (κ1) is 20.6. The van der Waals surface area contributed by atoms with Crippen LogP contribution in [0.15, 0.2) is 60.9 Å². The molecule has 0 bridgehead atoms. The Hall–Kier alpha value is -4.12. The van der Waals surface area contributed by atoms with Crippen LogP contribution in [0.5, 0.6) is 23.0 Å². The van der Waals surface area contributed by atoms with Gasteiger partial charge in [-0.2, -0.15) is 5.26 Å². The van der Waals surface area contributed by atoms with E-state index in [1.54, 1.807) is 36.5 Å². The minimum absolute atomic E-state index is 0.0642. The molecule has 0 atom stereocenters. The van der Waals surface area contributed by atoms with E-state index in [0.29, 0.717) is 28.4 Å². The first-order valence-electron chi connectivity index (χ1n) is 8.93. The molecule has 1 amide bonds. The van der Waals surface area contributed by atoms with Crippen LogP contribution >= 0.6 is 0 Å². The van der Waals surface area contributed by atoms with Crippen molar-refractivity contribution in [2.75, 3.05) is 13.7 Å². The molecule has 8 heteroatoms. The smallest absolute Gasteiger partial charge is 0.258 e. The number of aromatic nitrogens is 1. The van der Waals surface area contributed by atoms with Gasteiger partial charge in [-0.05, 0) is 42.0 Å². The van der Waals surface area contributed by atoms with E-state index in [2.05, 4.69) is 10.3 Å². The fourth-order valence-corrected chi connectivity index (χ4v) is 2.52. The number of nitrogens with zero attached hydrogens (tertiary/aromatic N) is 2. The number of carbonyl (C=O) groups is 1. The summed E-state index contributed by atoms with van der Waals surface area (Å²) >= 11 is 0. The molecular weight excluding hydrogens is 389 g/mol. The predicted octanol–water partition coefficient (Wildman–Crippen LogP) is 3.59. The van der Waals surface area contributed by atoms with E-state index >= 15 is 0 Å². The summed E-state index contributed by atoms with van der Waals surface area (Å²) in [6.07, 6.45) is 3.08. The number of halogens is 1. The van der Waals surface area contributed by atoms with Gasteiger partial charge in [-0.25, -0.2) is 4.39 Å². The van der Waals surface area contributed by atoms with E-state index in [4.69, 9.17) is 19.5 Å². The van der Waals surface area contributed by atoms with E-state index in [1.807, 2.05) is 6.07 Å². The van der Waals surface area contributed by atoms with Crippen molar-refractivity contribution < 1.29 is 23.4 Å². The summed E-state index contributed by atoms with van der Waals surface area (Å²) in [7, 11) is 1.44. The molecule has 30 heavy (non-hydrogen) atoms. The van der Waals surface area contributed by atoms with E-state index in [1.165, 1.54) is 31.5 Å². The highest BCUT2D eigenvalue weighted by molar-refractivity contribution is 5.77. The summed E-state index contributed by atoms with van der Waals surface area (Å²) < 4.78 is 30.3. The third-order valence-electron chi connectivity index (χ3n) is 4.00. The Morgan fingerprint density at radius 2 is 2.00 bits per heavy atom. The number of hydrogen-bond acceptors (Lipinski definition) is 6. The maximum absolute atomic E-state index is 14.3. The summed E-state index contributed by atoms with van der Waals surface area (Å²) in [4.78, 5) is 16.0. The van der Waals surface area contributed by atoms with Crippen LogP contribution in [0.1, 0.15) is 11.1 Å². The third-order valence-corrected chi connectivity index (χ3v) is 4.00. The standard InChI is InChI=1S/C22H18FN3O4/c1-28-21-10-15(11-24)4-7-20(21)29-14-22(27)26-12-16-5-6-19(18(23)9-16)30-17-3-2-8-25-13-17/h2-10,13H,12,14H2,1H3,(H,26,27). The SMILES string of the molecule is COc1cc(C#N)ccc1OCC(=O)NCc1ccc(Oc2cccnc2)c(F)c1. The molecule has 0 spiro atoms. The minimum atomic E-state index is -0.552. The van der Waals surface area contributed by atoms with Gasteiger partial charge in [0.2, 0.25) is 0 Å². The average Bonchev–Trinajstić information content (AvgIpc) is 2.78. The van der Waals surface area contributed by atoms with Crippen molar-refractivity contribution in [3.8, 4) is 29.1 Å². The molecule has 0 aliphatic rings. The van der Waals surface area contributed by atoms with Crippen LogP contribution in [0.4, 0.5) is 4.39 Å². The van der Waals surface area contributed by atoms with Gasteiger partial charge in [0, 0.05) is 18.8 Å². The van der Waals surface area contributed by atoms with Crippen molar-refractivity contribution in [1.29, 1.82) is 5.26 Å². The monoisotopic (exact) mass is 407 g/mol.